The van der Waals surface area contributed by atoms with E-state index in [-0.39, 0.29) is 17.6 Å². The molecule has 0 bridgehead atoms. The number of thiophene rings is 1. The SMILES string of the molecule is CC1Cc2c(csc2Cl)C(C)N1CCNC(=O)c1ccc([N+](=O)[O-])cc1. The molecule has 2 atom stereocenters. The molecule has 1 aromatic carbocycles. The third-order valence-electron chi connectivity index (χ3n) is 4.88. The molecule has 1 N–H and O–H groups in total. The minimum atomic E-state index is -0.480. The lowest BCUT2D eigenvalue weighted by molar-refractivity contribution is -0.384. The smallest absolute Gasteiger partial charge is 0.269 e. The topological polar surface area (TPSA) is 75.5 Å². The zero-order valence-electron chi connectivity index (χ0n) is 14.6. The molecule has 0 fully saturated rings. The Kier molecular flexibility index (Phi) is 5.60. The van der Waals surface area contributed by atoms with E-state index >= 15 is 0 Å². The maximum absolute atomic E-state index is 12.2. The average Bonchev–Trinajstić information content (AvgIpc) is 2.98. The minimum Gasteiger partial charge on any atom is -0.351 e. The van der Waals surface area contributed by atoms with E-state index in [0.29, 0.717) is 18.2 Å². The van der Waals surface area contributed by atoms with Gasteiger partial charge < -0.3 is 5.32 Å². The maximum atomic E-state index is 12.2. The quantitative estimate of drug-likeness (QED) is 0.614. The van der Waals surface area contributed by atoms with Crippen molar-refractivity contribution in [2.24, 2.45) is 0 Å². The molecule has 26 heavy (non-hydrogen) atoms. The molecule has 0 saturated carbocycles. The molecule has 1 amide bonds. The Bertz CT molecular complexity index is 822. The highest BCUT2D eigenvalue weighted by atomic mass is 35.5. The van der Waals surface area contributed by atoms with E-state index in [1.54, 1.807) is 11.3 Å². The third kappa shape index (κ3) is 3.75. The van der Waals surface area contributed by atoms with Crippen molar-refractivity contribution in [2.45, 2.75) is 32.4 Å². The Morgan fingerprint density at radius 2 is 2.08 bits per heavy atom. The van der Waals surface area contributed by atoms with Crippen molar-refractivity contribution in [3.05, 3.63) is 60.8 Å². The largest absolute Gasteiger partial charge is 0.351 e. The third-order valence-corrected chi connectivity index (χ3v) is 6.20. The number of nitrogens with zero attached hydrogens (tertiary/aromatic N) is 2. The van der Waals surface area contributed by atoms with Gasteiger partial charge in [-0.1, -0.05) is 11.6 Å². The summed E-state index contributed by atoms with van der Waals surface area (Å²) in [5.74, 6) is -0.225. The molecular weight excluding hydrogens is 374 g/mol. The van der Waals surface area contributed by atoms with Crippen LogP contribution < -0.4 is 5.32 Å². The Hall–Kier alpha value is -1.96. The molecule has 0 spiro atoms. The number of amides is 1. The zero-order chi connectivity index (χ0) is 18.8. The summed E-state index contributed by atoms with van der Waals surface area (Å²) < 4.78 is 0.879. The van der Waals surface area contributed by atoms with Gasteiger partial charge in [-0.25, -0.2) is 0 Å². The number of rotatable bonds is 5. The van der Waals surface area contributed by atoms with Gasteiger partial charge in [0.25, 0.3) is 11.6 Å². The number of nitro groups is 1. The summed E-state index contributed by atoms with van der Waals surface area (Å²) in [6.45, 7) is 5.58. The van der Waals surface area contributed by atoms with Crippen molar-refractivity contribution < 1.29 is 9.72 Å². The molecule has 1 aromatic heterocycles. The summed E-state index contributed by atoms with van der Waals surface area (Å²) in [6, 6.07) is 6.23. The van der Waals surface area contributed by atoms with Crippen LogP contribution in [0.5, 0.6) is 0 Å². The number of carbonyl (C=O) groups is 1. The van der Waals surface area contributed by atoms with Crippen molar-refractivity contribution >= 4 is 34.5 Å². The summed E-state index contributed by atoms with van der Waals surface area (Å²) >= 11 is 7.86. The Morgan fingerprint density at radius 3 is 2.73 bits per heavy atom. The first-order chi connectivity index (χ1) is 12.4. The van der Waals surface area contributed by atoms with Gasteiger partial charge in [0, 0.05) is 42.9 Å². The summed E-state index contributed by atoms with van der Waals surface area (Å²) in [5, 5.41) is 15.7. The standard InChI is InChI=1S/C18H20ClN3O3S/c1-11-9-15-16(10-26-17(15)19)12(2)21(11)8-7-20-18(23)13-3-5-14(6-4-13)22(24)25/h3-6,10-12H,7-9H2,1-2H3,(H,20,23). The van der Waals surface area contributed by atoms with Crippen LogP contribution >= 0.6 is 22.9 Å². The number of fused-ring (bicyclic) bond motifs is 1. The van der Waals surface area contributed by atoms with Gasteiger partial charge in [-0.15, -0.1) is 11.3 Å². The van der Waals surface area contributed by atoms with Crippen LogP contribution in [-0.2, 0) is 6.42 Å². The second kappa shape index (κ2) is 7.73. The predicted octanol–water partition coefficient (Wildman–Crippen LogP) is 4.05. The van der Waals surface area contributed by atoms with Gasteiger partial charge in [0.05, 0.1) is 9.26 Å². The van der Waals surface area contributed by atoms with Gasteiger partial charge in [0.1, 0.15) is 0 Å². The molecule has 3 rings (SSSR count). The fourth-order valence-corrected chi connectivity index (χ4v) is 4.67. The van der Waals surface area contributed by atoms with Gasteiger partial charge >= 0.3 is 0 Å². The number of hydrogen-bond donors (Lipinski definition) is 1. The molecule has 138 valence electrons. The Morgan fingerprint density at radius 1 is 1.38 bits per heavy atom. The number of nitrogens with one attached hydrogen (secondary N) is 1. The highest BCUT2D eigenvalue weighted by Gasteiger charge is 2.31. The summed E-state index contributed by atoms with van der Waals surface area (Å²) in [7, 11) is 0. The molecule has 2 unspecified atom stereocenters. The first kappa shape index (κ1) is 18.8. The molecule has 8 heteroatoms. The molecule has 1 aliphatic heterocycles. The van der Waals surface area contributed by atoms with Crippen molar-refractivity contribution in [1.82, 2.24) is 10.2 Å². The molecule has 6 nitrogen and oxygen atoms in total. The average molecular weight is 394 g/mol. The van der Waals surface area contributed by atoms with E-state index in [0.717, 1.165) is 17.3 Å². The van der Waals surface area contributed by atoms with Gasteiger partial charge in [-0.05, 0) is 48.9 Å². The van der Waals surface area contributed by atoms with E-state index in [2.05, 4.69) is 29.4 Å². The van der Waals surface area contributed by atoms with Crippen LogP contribution in [0.15, 0.2) is 29.6 Å². The normalized spacial score (nSPS) is 19.8. The molecule has 1 aliphatic rings. The summed E-state index contributed by atoms with van der Waals surface area (Å²) in [5.41, 5.74) is 2.92. The lowest BCUT2D eigenvalue weighted by Crippen LogP contribution is -2.44. The molecule has 2 aromatic rings. The number of carbonyl (C=O) groups excluding carboxylic acids is 1. The second-order valence-electron chi connectivity index (χ2n) is 6.47. The van der Waals surface area contributed by atoms with E-state index in [9.17, 15) is 14.9 Å². The van der Waals surface area contributed by atoms with Crippen molar-refractivity contribution in [1.29, 1.82) is 0 Å². The summed E-state index contributed by atoms with van der Waals surface area (Å²) in [4.78, 5) is 24.8. The minimum absolute atomic E-state index is 0.0252. The van der Waals surface area contributed by atoms with Crippen molar-refractivity contribution in [3.8, 4) is 0 Å². The lowest BCUT2D eigenvalue weighted by Gasteiger charge is -2.39. The molecular formula is C18H20ClN3O3S. The zero-order valence-corrected chi connectivity index (χ0v) is 16.1. The van der Waals surface area contributed by atoms with E-state index in [1.807, 2.05) is 0 Å². The van der Waals surface area contributed by atoms with Crippen LogP contribution in [-0.4, -0.2) is 34.9 Å². The first-order valence-electron chi connectivity index (χ1n) is 8.42. The number of benzene rings is 1. The fourth-order valence-electron chi connectivity index (χ4n) is 3.44. The Balaban J connectivity index is 1.57. The molecule has 0 radical (unpaired) electrons. The van der Waals surface area contributed by atoms with E-state index in [4.69, 9.17) is 11.6 Å². The van der Waals surface area contributed by atoms with Crippen LogP contribution in [0, 0.1) is 10.1 Å². The van der Waals surface area contributed by atoms with Gasteiger partial charge in [0.2, 0.25) is 0 Å². The highest BCUT2D eigenvalue weighted by Crippen LogP contribution is 2.39. The van der Waals surface area contributed by atoms with Crippen LogP contribution in [0.25, 0.3) is 0 Å². The van der Waals surface area contributed by atoms with Gasteiger partial charge in [-0.3, -0.25) is 19.8 Å². The highest BCUT2D eigenvalue weighted by molar-refractivity contribution is 7.14. The molecule has 0 aliphatic carbocycles. The number of nitro benzene ring substituents is 1. The summed E-state index contributed by atoms with van der Waals surface area (Å²) in [6.07, 6.45) is 0.915. The van der Waals surface area contributed by atoms with Crippen molar-refractivity contribution in [2.75, 3.05) is 13.1 Å². The van der Waals surface area contributed by atoms with Crippen LogP contribution in [0.4, 0.5) is 5.69 Å². The number of hydrogen-bond acceptors (Lipinski definition) is 5. The maximum Gasteiger partial charge on any atom is 0.269 e. The fraction of sp³-hybridized carbons (Fsp3) is 0.389. The van der Waals surface area contributed by atoms with Crippen LogP contribution in [0.3, 0.4) is 0 Å². The van der Waals surface area contributed by atoms with E-state index < -0.39 is 4.92 Å². The Labute approximate surface area is 160 Å². The van der Waals surface area contributed by atoms with E-state index in [1.165, 1.54) is 35.4 Å². The lowest BCUT2D eigenvalue weighted by atomic mass is 9.93. The predicted molar refractivity (Wildman–Crippen MR) is 103 cm³/mol. The van der Waals surface area contributed by atoms with Gasteiger partial charge in [0.15, 0.2) is 0 Å². The van der Waals surface area contributed by atoms with Gasteiger partial charge in [-0.2, -0.15) is 0 Å². The number of non-ortho nitro benzene ring substituents is 1. The van der Waals surface area contributed by atoms with Crippen molar-refractivity contribution in [3.63, 3.8) is 0 Å². The molecule has 2 heterocycles. The monoisotopic (exact) mass is 393 g/mol. The number of halogens is 1. The molecule has 0 saturated heterocycles. The van der Waals surface area contributed by atoms with Crippen LogP contribution in [0.1, 0.15) is 41.4 Å². The first-order valence-corrected chi connectivity index (χ1v) is 9.68. The van der Waals surface area contributed by atoms with Crippen LogP contribution in [0.2, 0.25) is 4.34 Å². The second-order valence-corrected chi connectivity index (χ2v) is 7.95.